The fourth-order valence-corrected chi connectivity index (χ4v) is 2.93. The second-order valence-corrected chi connectivity index (χ2v) is 6.23. The highest BCUT2D eigenvalue weighted by Gasteiger charge is 2.22. The lowest BCUT2D eigenvalue weighted by molar-refractivity contribution is 0.0700. The van der Waals surface area contributed by atoms with E-state index < -0.39 is 0 Å². The molecule has 0 aliphatic carbocycles. The third-order valence-corrected chi connectivity index (χ3v) is 4.49. The largest absolute Gasteiger partial charge is 0.445 e. The van der Waals surface area contributed by atoms with Gasteiger partial charge in [-0.05, 0) is 23.6 Å². The molecule has 2 aromatic carbocycles. The van der Waals surface area contributed by atoms with Crippen LogP contribution in [0.4, 0.5) is 4.79 Å². The van der Waals surface area contributed by atoms with E-state index in [2.05, 4.69) is 36.1 Å². The van der Waals surface area contributed by atoms with E-state index in [0.29, 0.717) is 6.61 Å². The van der Waals surface area contributed by atoms with E-state index in [0.717, 1.165) is 38.3 Å². The monoisotopic (exact) mass is 324 g/mol. The summed E-state index contributed by atoms with van der Waals surface area (Å²) in [4.78, 5) is 16.4. The number of amides is 1. The molecule has 0 unspecified atom stereocenters. The summed E-state index contributed by atoms with van der Waals surface area (Å²) in [7, 11) is 0. The Hall–Kier alpha value is -2.33. The van der Waals surface area contributed by atoms with Crippen molar-refractivity contribution in [2.45, 2.75) is 20.1 Å². The maximum absolute atomic E-state index is 12.2. The molecule has 1 amide bonds. The molecule has 1 aliphatic rings. The topological polar surface area (TPSA) is 32.8 Å². The zero-order valence-electron chi connectivity index (χ0n) is 14.1. The van der Waals surface area contributed by atoms with Crippen LogP contribution < -0.4 is 0 Å². The molecule has 0 atom stereocenters. The number of carbonyl (C=O) groups is 1. The highest BCUT2D eigenvalue weighted by atomic mass is 16.6. The van der Waals surface area contributed by atoms with Gasteiger partial charge in [0.1, 0.15) is 6.61 Å². The number of piperazine rings is 1. The molecule has 24 heavy (non-hydrogen) atoms. The van der Waals surface area contributed by atoms with Crippen LogP contribution >= 0.6 is 0 Å². The van der Waals surface area contributed by atoms with Crippen LogP contribution in [0.3, 0.4) is 0 Å². The Bertz CT molecular complexity index is 664. The van der Waals surface area contributed by atoms with Gasteiger partial charge in [-0.3, -0.25) is 4.90 Å². The molecule has 0 saturated carbocycles. The van der Waals surface area contributed by atoms with E-state index in [1.807, 2.05) is 30.3 Å². The van der Waals surface area contributed by atoms with Crippen LogP contribution in [0.1, 0.15) is 16.7 Å². The lowest BCUT2D eigenvalue weighted by atomic mass is 10.1. The van der Waals surface area contributed by atoms with E-state index in [4.69, 9.17) is 4.74 Å². The predicted octanol–water partition coefficient (Wildman–Crippen LogP) is 3.45. The summed E-state index contributed by atoms with van der Waals surface area (Å²) in [6.45, 7) is 6.64. The maximum atomic E-state index is 12.2. The molecule has 0 N–H and O–H groups in total. The summed E-state index contributed by atoms with van der Waals surface area (Å²) in [5.74, 6) is 0. The maximum Gasteiger partial charge on any atom is 0.410 e. The Morgan fingerprint density at radius 1 is 0.958 bits per heavy atom. The van der Waals surface area contributed by atoms with Gasteiger partial charge in [-0.25, -0.2) is 4.79 Å². The molecule has 4 heteroatoms. The molecule has 1 aliphatic heterocycles. The molecule has 0 bridgehead atoms. The Balaban J connectivity index is 1.44. The van der Waals surface area contributed by atoms with Gasteiger partial charge in [-0.2, -0.15) is 0 Å². The first-order valence-corrected chi connectivity index (χ1v) is 8.45. The van der Waals surface area contributed by atoms with Crippen LogP contribution in [0.5, 0.6) is 0 Å². The van der Waals surface area contributed by atoms with Crippen molar-refractivity contribution in [3.05, 3.63) is 71.3 Å². The van der Waals surface area contributed by atoms with Gasteiger partial charge in [0, 0.05) is 32.7 Å². The molecule has 2 aromatic rings. The van der Waals surface area contributed by atoms with Gasteiger partial charge in [-0.1, -0.05) is 54.6 Å². The summed E-state index contributed by atoms with van der Waals surface area (Å²) in [6, 6.07) is 18.3. The van der Waals surface area contributed by atoms with Gasteiger partial charge >= 0.3 is 6.09 Å². The standard InChI is InChI=1S/C20H24N2O2/c1-17-7-5-6-10-19(17)15-21-11-13-22(14-12-21)20(23)24-16-18-8-3-2-4-9-18/h2-10H,11-16H2,1H3. The van der Waals surface area contributed by atoms with Crippen molar-refractivity contribution >= 4 is 6.09 Å². The van der Waals surface area contributed by atoms with Crippen molar-refractivity contribution in [3.8, 4) is 0 Å². The quantitative estimate of drug-likeness (QED) is 0.863. The number of hydrogen-bond acceptors (Lipinski definition) is 3. The van der Waals surface area contributed by atoms with Crippen LogP contribution in [0.2, 0.25) is 0 Å². The minimum Gasteiger partial charge on any atom is -0.445 e. The minimum atomic E-state index is -0.214. The summed E-state index contributed by atoms with van der Waals surface area (Å²) in [5.41, 5.74) is 3.70. The highest BCUT2D eigenvalue weighted by molar-refractivity contribution is 5.67. The number of nitrogens with zero attached hydrogens (tertiary/aromatic N) is 2. The van der Waals surface area contributed by atoms with Crippen LogP contribution in [-0.2, 0) is 17.9 Å². The van der Waals surface area contributed by atoms with E-state index in [9.17, 15) is 4.79 Å². The molecule has 1 saturated heterocycles. The van der Waals surface area contributed by atoms with E-state index in [1.54, 1.807) is 4.90 Å². The molecule has 126 valence electrons. The Kier molecular flexibility index (Phi) is 5.49. The van der Waals surface area contributed by atoms with E-state index in [1.165, 1.54) is 11.1 Å². The van der Waals surface area contributed by atoms with Gasteiger partial charge < -0.3 is 9.64 Å². The molecule has 0 spiro atoms. The van der Waals surface area contributed by atoms with Crippen molar-refractivity contribution in [2.24, 2.45) is 0 Å². The first-order chi connectivity index (χ1) is 11.7. The fourth-order valence-electron chi connectivity index (χ4n) is 2.93. The van der Waals surface area contributed by atoms with Crippen molar-refractivity contribution in [1.82, 2.24) is 9.80 Å². The first kappa shape index (κ1) is 16.5. The molecule has 4 nitrogen and oxygen atoms in total. The molecule has 0 aromatic heterocycles. The van der Waals surface area contributed by atoms with Crippen molar-refractivity contribution in [3.63, 3.8) is 0 Å². The number of hydrogen-bond donors (Lipinski definition) is 0. The summed E-state index contributed by atoms with van der Waals surface area (Å²) in [6.07, 6.45) is -0.214. The summed E-state index contributed by atoms with van der Waals surface area (Å²) in [5, 5.41) is 0. The average molecular weight is 324 g/mol. The molecule has 1 fully saturated rings. The number of aryl methyl sites for hydroxylation is 1. The molecular weight excluding hydrogens is 300 g/mol. The SMILES string of the molecule is Cc1ccccc1CN1CCN(C(=O)OCc2ccccc2)CC1. The van der Waals surface area contributed by atoms with E-state index in [-0.39, 0.29) is 6.09 Å². The minimum absolute atomic E-state index is 0.214. The third kappa shape index (κ3) is 4.36. The Morgan fingerprint density at radius 3 is 2.33 bits per heavy atom. The van der Waals surface area contributed by atoms with Gasteiger partial charge in [-0.15, -0.1) is 0 Å². The smallest absolute Gasteiger partial charge is 0.410 e. The lowest BCUT2D eigenvalue weighted by Crippen LogP contribution is -2.48. The average Bonchev–Trinajstić information content (AvgIpc) is 2.63. The number of rotatable bonds is 4. The van der Waals surface area contributed by atoms with Crippen LogP contribution in [0.15, 0.2) is 54.6 Å². The van der Waals surface area contributed by atoms with Crippen molar-refractivity contribution in [1.29, 1.82) is 0 Å². The van der Waals surface area contributed by atoms with Gasteiger partial charge in [0.2, 0.25) is 0 Å². The zero-order chi connectivity index (χ0) is 16.8. The van der Waals surface area contributed by atoms with Crippen LogP contribution in [0.25, 0.3) is 0 Å². The second-order valence-electron chi connectivity index (χ2n) is 6.23. The Morgan fingerprint density at radius 2 is 1.62 bits per heavy atom. The predicted molar refractivity (Wildman–Crippen MR) is 94.7 cm³/mol. The lowest BCUT2D eigenvalue weighted by Gasteiger charge is -2.34. The molecule has 1 heterocycles. The summed E-state index contributed by atoms with van der Waals surface area (Å²) < 4.78 is 5.41. The molecular formula is C20H24N2O2. The number of benzene rings is 2. The first-order valence-electron chi connectivity index (χ1n) is 8.45. The zero-order valence-corrected chi connectivity index (χ0v) is 14.1. The third-order valence-electron chi connectivity index (χ3n) is 4.49. The van der Waals surface area contributed by atoms with E-state index >= 15 is 0 Å². The second kappa shape index (κ2) is 7.97. The van der Waals surface area contributed by atoms with Crippen molar-refractivity contribution in [2.75, 3.05) is 26.2 Å². The Labute approximate surface area is 143 Å². The van der Waals surface area contributed by atoms with Gasteiger partial charge in [0.05, 0.1) is 0 Å². The highest BCUT2D eigenvalue weighted by Crippen LogP contribution is 2.13. The van der Waals surface area contributed by atoms with Gasteiger partial charge in [0.25, 0.3) is 0 Å². The fraction of sp³-hybridized carbons (Fsp3) is 0.350. The van der Waals surface area contributed by atoms with Gasteiger partial charge in [0.15, 0.2) is 0 Å². The number of ether oxygens (including phenoxy) is 1. The van der Waals surface area contributed by atoms with Crippen LogP contribution in [-0.4, -0.2) is 42.1 Å². The summed E-state index contributed by atoms with van der Waals surface area (Å²) >= 11 is 0. The normalized spacial score (nSPS) is 15.3. The number of carbonyl (C=O) groups excluding carboxylic acids is 1. The molecule has 3 rings (SSSR count). The van der Waals surface area contributed by atoms with Crippen LogP contribution in [0, 0.1) is 6.92 Å². The van der Waals surface area contributed by atoms with Crippen molar-refractivity contribution < 1.29 is 9.53 Å². The molecule has 0 radical (unpaired) electrons.